The monoisotopic (exact) mass is 464 g/mol. The Morgan fingerprint density at radius 3 is 2.61 bits per heavy atom. The molecule has 5 rings (SSSR count). The van der Waals surface area contributed by atoms with Crippen molar-refractivity contribution in [3.63, 3.8) is 0 Å². The van der Waals surface area contributed by atoms with E-state index in [1.165, 1.54) is 16.9 Å². The predicted molar refractivity (Wildman–Crippen MR) is 125 cm³/mol. The summed E-state index contributed by atoms with van der Waals surface area (Å²) in [6.07, 6.45) is 0.231. The Balaban J connectivity index is 1.11. The first kappa shape index (κ1) is 21.4. The van der Waals surface area contributed by atoms with Crippen molar-refractivity contribution in [2.24, 2.45) is 0 Å². The van der Waals surface area contributed by atoms with E-state index in [-0.39, 0.29) is 25.0 Å². The third-order valence-corrected chi connectivity index (χ3v) is 6.52. The van der Waals surface area contributed by atoms with Gasteiger partial charge in [-0.25, -0.2) is 4.98 Å². The van der Waals surface area contributed by atoms with E-state index in [1.807, 2.05) is 16.3 Å². The van der Waals surface area contributed by atoms with Gasteiger partial charge in [0.25, 0.3) is 5.91 Å². The zero-order valence-corrected chi connectivity index (χ0v) is 18.8. The molecule has 0 spiro atoms. The first-order valence-corrected chi connectivity index (χ1v) is 11.7. The zero-order chi connectivity index (χ0) is 22.6. The van der Waals surface area contributed by atoms with Crippen LogP contribution in [0.1, 0.15) is 21.6 Å². The van der Waals surface area contributed by atoms with Gasteiger partial charge in [0, 0.05) is 43.7 Å². The van der Waals surface area contributed by atoms with Crippen molar-refractivity contribution in [2.75, 3.05) is 38.3 Å². The van der Waals surface area contributed by atoms with E-state index in [1.54, 1.807) is 18.2 Å². The van der Waals surface area contributed by atoms with E-state index >= 15 is 0 Å². The molecule has 33 heavy (non-hydrogen) atoms. The molecule has 0 saturated carbocycles. The number of anilines is 1. The standard InChI is InChI=1S/C24H24N4O4S/c29-22(28-10-8-27(9-11-28)14-17-4-2-1-3-5-17)13-19-15-33-24(25-19)26-23(30)18-6-7-20-21(12-18)32-16-31-20/h1-7,12,15H,8-11,13-14,16H2,(H,25,26,30). The summed E-state index contributed by atoms with van der Waals surface area (Å²) in [5.74, 6) is 0.961. The van der Waals surface area contributed by atoms with Gasteiger partial charge in [-0.15, -0.1) is 11.3 Å². The number of hydrogen-bond acceptors (Lipinski definition) is 7. The van der Waals surface area contributed by atoms with Gasteiger partial charge >= 0.3 is 0 Å². The van der Waals surface area contributed by atoms with Gasteiger partial charge in [-0.2, -0.15) is 0 Å². The molecule has 2 amide bonds. The van der Waals surface area contributed by atoms with Gasteiger partial charge in [0.1, 0.15) is 0 Å². The summed E-state index contributed by atoms with van der Waals surface area (Å²) >= 11 is 1.31. The molecule has 1 N–H and O–H groups in total. The summed E-state index contributed by atoms with van der Waals surface area (Å²) < 4.78 is 10.6. The number of fused-ring (bicyclic) bond motifs is 1. The highest BCUT2D eigenvalue weighted by Gasteiger charge is 2.22. The quantitative estimate of drug-likeness (QED) is 0.604. The summed E-state index contributed by atoms with van der Waals surface area (Å²) in [5.41, 5.74) is 2.41. The molecule has 3 aromatic rings. The number of piperazine rings is 1. The van der Waals surface area contributed by atoms with Gasteiger partial charge in [0.2, 0.25) is 12.7 Å². The average Bonchev–Trinajstić information content (AvgIpc) is 3.49. The minimum absolute atomic E-state index is 0.0632. The highest BCUT2D eigenvalue weighted by Crippen LogP contribution is 2.32. The second-order valence-corrected chi connectivity index (χ2v) is 8.84. The van der Waals surface area contributed by atoms with Gasteiger partial charge < -0.3 is 14.4 Å². The van der Waals surface area contributed by atoms with Crippen LogP contribution in [0.3, 0.4) is 0 Å². The molecule has 2 aliphatic heterocycles. The first-order valence-electron chi connectivity index (χ1n) is 10.8. The van der Waals surface area contributed by atoms with E-state index in [4.69, 9.17) is 9.47 Å². The maximum atomic E-state index is 12.8. The Labute approximate surface area is 195 Å². The van der Waals surface area contributed by atoms with Crippen LogP contribution in [0.2, 0.25) is 0 Å². The summed E-state index contributed by atoms with van der Waals surface area (Å²) in [6, 6.07) is 15.4. The molecule has 0 unspecified atom stereocenters. The minimum atomic E-state index is -0.282. The number of carbonyl (C=O) groups is 2. The number of aromatic nitrogens is 1. The van der Waals surface area contributed by atoms with Crippen LogP contribution in [0.5, 0.6) is 11.5 Å². The van der Waals surface area contributed by atoms with Crippen LogP contribution in [0, 0.1) is 0 Å². The second-order valence-electron chi connectivity index (χ2n) is 7.99. The largest absolute Gasteiger partial charge is 0.454 e. The van der Waals surface area contributed by atoms with Crippen LogP contribution in [-0.2, 0) is 17.8 Å². The lowest BCUT2D eigenvalue weighted by atomic mass is 10.2. The Morgan fingerprint density at radius 2 is 1.79 bits per heavy atom. The fraction of sp³-hybridized carbons (Fsp3) is 0.292. The number of ether oxygens (including phenoxy) is 2. The van der Waals surface area contributed by atoms with Crippen molar-refractivity contribution in [3.05, 3.63) is 70.7 Å². The molecular formula is C24H24N4O4S. The number of nitrogens with zero attached hydrogens (tertiary/aromatic N) is 3. The molecule has 2 aliphatic rings. The van der Waals surface area contributed by atoms with E-state index in [2.05, 4.69) is 39.5 Å². The van der Waals surface area contributed by atoms with Crippen LogP contribution in [0.15, 0.2) is 53.9 Å². The molecule has 1 fully saturated rings. The normalized spacial score (nSPS) is 15.5. The lowest BCUT2D eigenvalue weighted by Crippen LogP contribution is -2.48. The molecule has 0 bridgehead atoms. The summed E-state index contributed by atoms with van der Waals surface area (Å²) in [7, 11) is 0. The third kappa shape index (κ3) is 5.15. The van der Waals surface area contributed by atoms with Crippen LogP contribution >= 0.6 is 11.3 Å². The third-order valence-electron chi connectivity index (χ3n) is 5.71. The van der Waals surface area contributed by atoms with Crippen molar-refractivity contribution < 1.29 is 19.1 Å². The van der Waals surface area contributed by atoms with Crippen molar-refractivity contribution in [3.8, 4) is 11.5 Å². The number of nitrogens with one attached hydrogen (secondary N) is 1. The van der Waals surface area contributed by atoms with E-state index in [9.17, 15) is 9.59 Å². The SMILES string of the molecule is O=C(Nc1nc(CC(=O)N2CCN(Cc3ccccc3)CC2)cs1)c1ccc2c(c1)OCO2. The Morgan fingerprint density at radius 1 is 1.00 bits per heavy atom. The highest BCUT2D eigenvalue weighted by molar-refractivity contribution is 7.14. The van der Waals surface area contributed by atoms with Gasteiger partial charge in [-0.05, 0) is 23.8 Å². The lowest BCUT2D eigenvalue weighted by Gasteiger charge is -2.34. The first-order chi connectivity index (χ1) is 16.1. The van der Waals surface area contributed by atoms with E-state index < -0.39 is 0 Å². The average molecular weight is 465 g/mol. The van der Waals surface area contributed by atoms with Crippen molar-refractivity contribution >= 4 is 28.3 Å². The molecule has 9 heteroatoms. The number of amides is 2. The fourth-order valence-electron chi connectivity index (χ4n) is 3.92. The molecule has 0 atom stereocenters. The Kier molecular flexibility index (Phi) is 6.23. The van der Waals surface area contributed by atoms with Gasteiger partial charge in [0.05, 0.1) is 12.1 Å². The maximum Gasteiger partial charge on any atom is 0.257 e. The van der Waals surface area contributed by atoms with Crippen LogP contribution < -0.4 is 14.8 Å². The lowest BCUT2D eigenvalue weighted by molar-refractivity contribution is -0.132. The second kappa shape index (κ2) is 9.60. The molecular weight excluding hydrogens is 440 g/mol. The molecule has 1 aromatic heterocycles. The van der Waals surface area contributed by atoms with Gasteiger partial charge in [-0.3, -0.25) is 19.8 Å². The molecule has 8 nitrogen and oxygen atoms in total. The summed E-state index contributed by atoms with van der Waals surface area (Å²) in [5, 5.41) is 5.08. The Bertz CT molecular complexity index is 1140. The topological polar surface area (TPSA) is 84.0 Å². The molecule has 0 radical (unpaired) electrons. The summed E-state index contributed by atoms with van der Waals surface area (Å²) in [6.45, 7) is 4.20. The smallest absolute Gasteiger partial charge is 0.257 e. The van der Waals surface area contributed by atoms with Crippen LogP contribution in [0.4, 0.5) is 5.13 Å². The number of thiazole rings is 1. The van der Waals surface area contributed by atoms with Crippen molar-refractivity contribution in [1.29, 1.82) is 0 Å². The minimum Gasteiger partial charge on any atom is -0.454 e. The molecule has 2 aromatic carbocycles. The zero-order valence-electron chi connectivity index (χ0n) is 18.0. The van der Waals surface area contributed by atoms with E-state index in [0.29, 0.717) is 41.0 Å². The number of benzene rings is 2. The van der Waals surface area contributed by atoms with Crippen LogP contribution in [0.25, 0.3) is 0 Å². The Hall–Kier alpha value is -3.43. The van der Waals surface area contributed by atoms with Crippen molar-refractivity contribution in [2.45, 2.75) is 13.0 Å². The molecule has 0 aliphatic carbocycles. The molecule has 170 valence electrons. The molecule has 3 heterocycles. The van der Waals surface area contributed by atoms with Crippen LogP contribution in [-0.4, -0.2) is 59.6 Å². The number of carbonyl (C=O) groups excluding carboxylic acids is 2. The fourth-order valence-corrected chi connectivity index (χ4v) is 4.62. The maximum absolute atomic E-state index is 12.8. The van der Waals surface area contributed by atoms with Gasteiger partial charge in [-0.1, -0.05) is 30.3 Å². The van der Waals surface area contributed by atoms with Gasteiger partial charge in [0.15, 0.2) is 16.6 Å². The van der Waals surface area contributed by atoms with Crippen molar-refractivity contribution in [1.82, 2.24) is 14.8 Å². The molecule has 1 saturated heterocycles. The summed E-state index contributed by atoms with van der Waals surface area (Å²) in [4.78, 5) is 34.0. The van der Waals surface area contributed by atoms with E-state index in [0.717, 1.165) is 19.6 Å². The number of hydrogen-bond donors (Lipinski definition) is 1. The number of rotatable bonds is 6. The predicted octanol–water partition coefficient (Wildman–Crippen LogP) is 3.01. The highest BCUT2D eigenvalue weighted by atomic mass is 32.1.